The summed E-state index contributed by atoms with van der Waals surface area (Å²) in [4.78, 5) is 20.4. The molecule has 0 aromatic heterocycles. The van der Waals surface area contributed by atoms with Crippen molar-refractivity contribution in [1.29, 1.82) is 0 Å². The number of halogens is 1. The monoisotopic (exact) mass is 213 g/mol. The number of rotatable bonds is 2. The molecule has 0 saturated carbocycles. The Kier molecular flexibility index (Phi) is 2.69. The number of hydrogen-bond acceptors (Lipinski definition) is 3. The third-order valence-corrected chi connectivity index (χ3v) is 2.22. The van der Waals surface area contributed by atoms with Gasteiger partial charge >= 0.3 is 5.97 Å². The first kappa shape index (κ1) is 11.1. The van der Waals surface area contributed by atoms with Gasteiger partial charge in [-0.05, 0) is 19.4 Å². The van der Waals surface area contributed by atoms with E-state index >= 15 is 0 Å². The predicted molar refractivity (Wildman–Crippen MR) is 49.5 cm³/mol. The standard InChI is InChI=1S/C9H8FNO4/c1-4-5(2)8(10)6(9(12)13)3-7(4)11(14)15/h3H,1-2H3,(H,12,13). The molecular weight excluding hydrogens is 205 g/mol. The summed E-state index contributed by atoms with van der Waals surface area (Å²) in [6, 6.07) is 0.736. The van der Waals surface area contributed by atoms with Gasteiger partial charge in [0.1, 0.15) is 11.4 Å². The molecule has 5 nitrogen and oxygen atoms in total. The maximum absolute atomic E-state index is 13.4. The molecule has 0 heterocycles. The molecule has 80 valence electrons. The minimum Gasteiger partial charge on any atom is -0.478 e. The maximum atomic E-state index is 13.4. The summed E-state index contributed by atoms with van der Waals surface area (Å²) in [5.41, 5.74) is -0.930. The fourth-order valence-corrected chi connectivity index (χ4v) is 1.21. The van der Waals surface area contributed by atoms with Crippen LogP contribution in [0, 0.1) is 29.8 Å². The number of nitro groups is 1. The summed E-state index contributed by atoms with van der Waals surface area (Å²) >= 11 is 0. The first-order valence-corrected chi connectivity index (χ1v) is 4.03. The van der Waals surface area contributed by atoms with Crippen molar-refractivity contribution in [3.63, 3.8) is 0 Å². The number of nitro benzene ring substituents is 1. The summed E-state index contributed by atoms with van der Waals surface area (Å²) in [5, 5.41) is 19.2. The van der Waals surface area contributed by atoms with Gasteiger partial charge in [-0.3, -0.25) is 10.1 Å². The van der Waals surface area contributed by atoms with Crippen LogP contribution in [0.25, 0.3) is 0 Å². The van der Waals surface area contributed by atoms with Crippen molar-refractivity contribution in [2.75, 3.05) is 0 Å². The van der Waals surface area contributed by atoms with E-state index in [2.05, 4.69) is 0 Å². The molecule has 0 aliphatic heterocycles. The zero-order valence-corrected chi connectivity index (χ0v) is 8.07. The Balaban J connectivity index is 3.59. The lowest BCUT2D eigenvalue weighted by molar-refractivity contribution is -0.385. The Morgan fingerprint density at radius 3 is 2.40 bits per heavy atom. The van der Waals surface area contributed by atoms with Crippen molar-refractivity contribution in [3.8, 4) is 0 Å². The zero-order chi connectivity index (χ0) is 11.7. The van der Waals surface area contributed by atoms with Crippen LogP contribution >= 0.6 is 0 Å². The summed E-state index contributed by atoms with van der Waals surface area (Å²) in [5.74, 6) is -2.44. The fraction of sp³-hybridized carbons (Fsp3) is 0.222. The van der Waals surface area contributed by atoms with E-state index in [1.165, 1.54) is 13.8 Å². The average Bonchev–Trinajstić information content (AvgIpc) is 2.13. The lowest BCUT2D eigenvalue weighted by Crippen LogP contribution is -2.06. The van der Waals surface area contributed by atoms with Crippen molar-refractivity contribution in [1.82, 2.24) is 0 Å². The van der Waals surface area contributed by atoms with Gasteiger partial charge in [0.25, 0.3) is 5.69 Å². The SMILES string of the molecule is Cc1c([N+](=O)[O-])cc(C(=O)O)c(F)c1C. The first-order chi connectivity index (χ1) is 6.86. The van der Waals surface area contributed by atoms with Gasteiger partial charge in [-0.2, -0.15) is 0 Å². The topological polar surface area (TPSA) is 80.4 Å². The molecule has 1 aromatic carbocycles. The molecule has 1 rings (SSSR count). The Hall–Kier alpha value is -1.98. The molecule has 0 amide bonds. The van der Waals surface area contributed by atoms with Gasteiger partial charge in [0.05, 0.1) is 4.92 Å². The highest BCUT2D eigenvalue weighted by Crippen LogP contribution is 2.26. The van der Waals surface area contributed by atoms with E-state index in [1.807, 2.05) is 0 Å². The van der Waals surface area contributed by atoms with Gasteiger partial charge in [-0.15, -0.1) is 0 Å². The highest BCUT2D eigenvalue weighted by Gasteiger charge is 2.22. The second-order valence-corrected chi connectivity index (χ2v) is 3.07. The normalized spacial score (nSPS) is 10.1. The lowest BCUT2D eigenvalue weighted by atomic mass is 10.0. The van der Waals surface area contributed by atoms with Crippen molar-refractivity contribution in [3.05, 3.63) is 38.7 Å². The molecule has 0 aliphatic rings. The first-order valence-electron chi connectivity index (χ1n) is 4.03. The predicted octanol–water partition coefficient (Wildman–Crippen LogP) is 2.05. The summed E-state index contributed by atoms with van der Waals surface area (Å²) < 4.78 is 13.4. The van der Waals surface area contributed by atoms with Gasteiger partial charge in [0.15, 0.2) is 0 Å². The Morgan fingerprint density at radius 2 is 2.00 bits per heavy atom. The molecule has 1 N–H and O–H groups in total. The van der Waals surface area contributed by atoms with E-state index in [-0.39, 0.29) is 16.8 Å². The third-order valence-electron chi connectivity index (χ3n) is 2.22. The largest absolute Gasteiger partial charge is 0.478 e. The number of aromatic carboxylic acids is 1. The Morgan fingerprint density at radius 1 is 1.47 bits per heavy atom. The van der Waals surface area contributed by atoms with Crippen LogP contribution in [0.4, 0.5) is 10.1 Å². The van der Waals surface area contributed by atoms with E-state index < -0.39 is 22.3 Å². The minimum absolute atomic E-state index is 0.0124. The van der Waals surface area contributed by atoms with Crippen LogP contribution in [0.3, 0.4) is 0 Å². The smallest absolute Gasteiger partial charge is 0.338 e. The van der Waals surface area contributed by atoms with Gasteiger partial charge in [-0.25, -0.2) is 9.18 Å². The molecule has 0 saturated heterocycles. The number of carbonyl (C=O) groups is 1. The molecule has 15 heavy (non-hydrogen) atoms. The summed E-state index contributed by atoms with van der Waals surface area (Å²) in [7, 11) is 0. The van der Waals surface area contributed by atoms with Gasteiger partial charge < -0.3 is 5.11 Å². The molecule has 0 bridgehead atoms. The molecular formula is C9H8FNO4. The average molecular weight is 213 g/mol. The van der Waals surface area contributed by atoms with Crippen LogP contribution in [0.1, 0.15) is 21.5 Å². The van der Waals surface area contributed by atoms with Crippen LogP contribution in [-0.2, 0) is 0 Å². The Bertz CT molecular complexity index is 418. The van der Waals surface area contributed by atoms with Crippen molar-refractivity contribution in [2.24, 2.45) is 0 Å². The van der Waals surface area contributed by atoms with Crippen LogP contribution in [0.5, 0.6) is 0 Å². The van der Waals surface area contributed by atoms with Gasteiger partial charge in [0.2, 0.25) is 0 Å². The highest BCUT2D eigenvalue weighted by molar-refractivity contribution is 5.89. The number of carboxylic acids is 1. The van der Waals surface area contributed by atoms with Crippen LogP contribution < -0.4 is 0 Å². The fourth-order valence-electron chi connectivity index (χ4n) is 1.21. The van der Waals surface area contributed by atoms with Crippen molar-refractivity contribution < 1.29 is 19.2 Å². The van der Waals surface area contributed by atoms with Gasteiger partial charge in [-0.1, -0.05) is 0 Å². The minimum atomic E-state index is -1.52. The second kappa shape index (κ2) is 3.64. The van der Waals surface area contributed by atoms with Crippen LogP contribution in [-0.4, -0.2) is 16.0 Å². The van der Waals surface area contributed by atoms with E-state index in [9.17, 15) is 19.3 Å². The molecule has 1 aromatic rings. The van der Waals surface area contributed by atoms with E-state index in [4.69, 9.17) is 5.11 Å². The molecule has 0 unspecified atom stereocenters. The summed E-state index contributed by atoms with van der Waals surface area (Å²) in [6.45, 7) is 2.69. The lowest BCUT2D eigenvalue weighted by Gasteiger charge is -2.05. The van der Waals surface area contributed by atoms with Crippen molar-refractivity contribution >= 4 is 11.7 Å². The third kappa shape index (κ3) is 1.78. The number of nitrogens with zero attached hydrogens (tertiary/aromatic N) is 1. The maximum Gasteiger partial charge on any atom is 0.338 e. The molecule has 0 aliphatic carbocycles. The van der Waals surface area contributed by atoms with Crippen LogP contribution in [0.15, 0.2) is 6.07 Å². The number of carboxylic acid groups (broad SMARTS) is 1. The van der Waals surface area contributed by atoms with E-state index in [0.29, 0.717) is 0 Å². The molecule has 0 atom stereocenters. The highest BCUT2D eigenvalue weighted by atomic mass is 19.1. The molecule has 6 heteroatoms. The Labute approximate surface area is 84.3 Å². The van der Waals surface area contributed by atoms with Crippen LogP contribution in [0.2, 0.25) is 0 Å². The zero-order valence-electron chi connectivity index (χ0n) is 8.07. The quantitative estimate of drug-likeness (QED) is 0.602. The number of benzene rings is 1. The molecule has 0 radical (unpaired) electrons. The van der Waals surface area contributed by atoms with Crippen molar-refractivity contribution in [2.45, 2.75) is 13.8 Å². The van der Waals surface area contributed by atoms with E-state index in [0.717, 1.165) is 6.07 Å². The molecule has 0 fully saturated rings. The number of hydrogen-bond donors (Lipinski definition) is 1. The second-order valence-electron chi connectivity index (χ2n) is 3.07. The summed E-state index contributed by atoms with van der Waals surface area (Å²) in [6.07, 6.45) is 0. The van der Waals surface area contributed by atoms with Gasteiger partial charge in [0, 0.05) is 11.6 Å². The van der Waals surface area contributed by atoms with E-state index in [1.54, 1.807) is 0 Å². The molecule has 0 spiro atoms.